The third-order valence-corrected chi connectivity index (χ3v) is 3.54. The molecule has 0 aliphatic carbocycles. The van der Waals surface area contributed by atoms with E-state index >= 15 is 0 Å². The summed E-state index contributed by atoms with van der Waals surface area (Å²) in [5.74, 6) is -0.543. The van der Waals surface area contributed by atoms with Crippen LogP contribution in [0.2, 0.25) is 0 Å². The van der Waals surface area contributed by atoms with Crippen molar-refractivity contribution >= 4 is 11.8 Å². The molecule has 23 heavy (non-hydrogen) atoms. The van der Waals surface area contributed by atoms with Crippen LogP contribution in [0.15, 0.2) is 48.5 Å². The lowest BCUT2D eigenvalue weighted by molar-refractivity contribution is -0.129. The van der Waals surface area contributed by atoms with Gasteiger partial charge in [-0.25, -0.2) is 0 Å². The van der Waals surface area contributed by atoms with E-state index < -0.39 is 0 Å². The summed E-state index contributed by atoms with van der Waals surface area (Å²) in [6, 6.07) is 15.8. The summed E-state index contributed by atoms with van der Waals surface area (Å²) in [4.78, 5) is 23.6. The standard InChI is InChI=1S/C19H22N2O2/c1-14-3-7-16(8-4-14)12-20-18(22)11-19(23)21-13-17-9-5-15(2)6-10-17/h3-10H,11-13H2,1-2H3,(H,20,22)(H,21,23). The summed E-state index contributed by atoms with van der Waals surface area (Å²) in [6.45, 7) is 4.90. The van der Waals surface area contributed by atoms with Crippen LogP contribution in [0.1, 0.15) is 28.7 Å². The van der Waals surface area contributed by atoms with Gasteiger partial charge in [0.15, 0.2) is 0 Å². The monoisotopic (exact) mass is 310 g/mol. The number of benzene rings is 2. The third kappa shape index (κ3) is 5.94. The zero-order chi connectivity index (χ0) is 16.7. The molecule has 0 bridgehead atoms. The minimum absolute atomic E-state index is 0.155. The molecule has 4 nitrogen and oxygen atoms in total. The summed E-state index contributed by atoms with van der Waals surface area (Å²) in [5.41, 5.74) is 4.39. The Bertz CT molecular complexity index is 601. The molecule has 2 aromatic carbocycles. The Balaban J connectivity index is 1.70. The van der Waals surface area contributed by atoms with E-state index in [1.54, 1.807) is 0 Å². The Morgan fingerprint density at radius 3 is 1.39 bits per heavy atom. The normalized spacial score (nSPS) is 10.2. The zero-order valence-electron chi connectivity index (χ0n) is 13.6. The van der Waals surface area contributed by atoms with Crippen molar-refractivity contribution in [3.05, 3.63) is 70.8 Å². The van der Waals surface area contributed by atoms with Crippen LogP contribution in [-0.4, -0.2) is 11.8 Å². The molecule has 0 radical (unpaired) electrons. The fourth-order valence-corrected chi connectivity index (χ4v) is 2.08. The average Bonchev–Trinajstić information content (AvgIpc) is 2.54. The Morgan fingerprint density at radius 2 is 1.04 bits per heavy atom. The molecule has 0 spiro atoms. The van der Waals surface area contributed by atoms with Crippen LogP contribution in [0.3, 0.4) is 0 Å². The van der Waals surface area contributed by atoms with Crippen molar-refractivity contribution in [3.63, 3.8) is 0 Å². The van der Waals surface area contributed by atoms with Gasteiger partial charge >= 0.3 is 0 Å². The maximum Gasteiger partial charge on any atom is 0.229 e. The van der Waals surface area contributed by atoms with Crippen LogP contribution in [0.4, 0.5) is 0 Å². The molecule has 120 valence electrons. The minimum atomic E-state index is -0.271. The summed E-state index contributed by atoms with van der Waals surface area (Å²) < 4.78 is 0. The van der Waals surface area contributed by atoms with Crippen LogP contribution in [0.25, 0.3) is 0 Å². The second-order valence-corrected chi connectivity index (χ2v) is 5.70. The largest absolute Gasteiger partial charge is 0.352 e. The van der Waals surface area contributed by atoms with Gasteiger partial charge in [-0.05, 0) is 25.0 Å². The van der Waals surface area contributed by atoms with Gasteiger partial charge in [-0.2, -0.15) is 0 Å². The number of carbonyl (C=O) groups is 2. The number of hydrogen-bond acceptors (Lipinski definition) is 2. The smallest absolute Gasteiger partial charge is 0.229 e. The van der Waals surface area contributed by atoms with Gasteiger partial charge in [0, 0.05) is 13.1 Å². The lowest BCUT2D eigenvalue weighted by Crippen LogP contribution is -2.31. The van der Waals surface area contributed by atoms with Crippen LogP contribution < -0.4 is 10.6 Å². The number of hydrogen-bond donors (Lipinski definition) is 2. The SMILES string of the molecule is Cc1ccc(CNC(=O)CC(=O)NCc2ccc(C)cc2)cc1. The lowest BCUT2D eigenvalue weighted by Gasteiger charge is -2.07. The molecule has 0 atom stereocenters. The molecule has 0 fully saturated rings. The number of amides is 2. The molecule has 2 amide bonds. The molecule has 0 unspecified atom stereocenters. The van der Waals surface area contributed by atoms with Crippen LogP contribution in [-0.2, 0) is 22.7 Å². The highest BCUT2D eigenvalue weighted by molar-refractivity contribution is 5.96. The molecule has 0 saturated carbocycles. The predicted molar refractivity (Wildman–Crippen MR) is 90.7 cm³/mol. The second kappa shape index (κ2) is 8.13. The maximum atomic E-state index is 11.8. The first-order valence-corrected chi connectivity index (χ1v) is 7.67. The van der Waals surface area contributed by atoms with E-state index in [1.807, 2.05) is 62.4 Å². The van der Waals surface area contributed by atoms with E-state index in [0.29, 0.717) is 13.1 Å². The van der Waals surface area contributed by atoms with Crippen molar-refractivity contribution in [2.24, 2.45) is 0 Å². The van der Waals surface area contributed by atoms with Gasteiger partial charge in [0.25, 0.3) is 0 Å². The number of aryl methyl sites for hydroxylation is 2. The van der Waals surface area contributed by atoms with Gasteiger partial charge in [0.05, 0.1) is 0 Å². The van der Waals surface area contributed by atoms with Gasteiger partial charge in [-0.1, -0.05) is 59.7 Å². The predicted octanol–water partition coefficient (Wildman–Crippen LogP) is 2.63. The van der Waals surface area contributed by atoms with Gasteiger partial charge in [-0.15, -0.1) is 0 Å². The Labute approximate surface area is 136 Å². The molecule has 2 rings (SSSR count). The van der Waals surface area contributed by atoms with E-state index in [9.17, 15) is 9.59 Å². The van der Waals surface area contributed by atoms with E-state index in [0.717, 1.165) is 11.1 Å². The summed E-state index contributed by atoms with van der Waals surface area (Å²) in [5, 5.41) is 5.51. The molecule has 0 aliphatic heterocycles. The number of carbonyl (C=O) groups excluding carboxylic acids is 2. The molecule has 4 heteroatoms. The van der Waals surface area contributed by atoms with E-state index in [4.69, 9.17) is 0 Å². The first-order valence-electron chi connectivity index (χ1n) is 7.67. The van der Waals surface area contributed by atoms with E-state index in [1.165, 1.54) is 11.1 Å². The minimum Gasteiger partial charge on any atom is -0.352 e. The van der Waals surface area contributed by atoms with E-state index in [-0.39, 0.29) is 18.2 Å². The topological polar surface area (TPSA) is 58.2 Å². The summed E-state index contributed by atoms with van der Waals surface area (Å²) >= 11 is 0. The Morgan fingerprint density at radius 1 is 0.696 bits per heavy atom. The van der Waals surface area contributed by atoms with Gasteiger partial charge in [0.1, 0.15) is 6.42 Å². The molecule has 0 aromatic heterocycles. The highest BCUT2D eigenvalue weighted by atomic mass is 16.2. The van der Waals surface area contributed by atoms with Crippen LogP contribution in [0, 0.1) is 13.8 Å². The van der Waals surface area contributed by atoms with Crippen molar-refractivity contribution in [2.75, 3.05) is 0 Å². The van der Waals surface area contributed by atoms with Crippen molar-refractivity contribution in [2.45, 2.75) is 33.4 Å². The van der Waals surface area contributed by atoms with Gasteiger partial charge in [0.2, 0.25) is 11.8 Å². The fraction of sp³-hybridized carbons (Fsp3) is 0.263. The van der Waals surface area contributed by atoms with Crippen LogP contribution in [0.5, 0.6) is 0 Å². The lowest BCUT2D eigenvalue weighted by atomic mass is 10.1. The Kier molecular flexibility index (Phi) is 5.92. The Hall–Kier alpha value is -2.62. The van der Waals surface area contributed by atoms with Gasteiger partial charge in [-0.3, -0.25) is 9.59 Å². The molecule has 2 N–H and O–H groups in total. The molecular weight excluding hydrogens is 288 g/mol. The molecular formula is C19H22N2O2. The summed E-state index contributed by atoms with van der Waals surface area (Å²) in [7, 11) is 0. The van der Waals surface area contributed by atoms with E-state index in [2.05, 4.69) is 10.6 Å². The summed E-state index contributed by atoms with van der Waals surface area (Å²) in [6.07, 6.45) is -0.155. The maximum absolute atomic E-state index is 11.8. The molecule has 2 aromatic rings. The fourth-order valence-electron chi connectivity index (χ4n) is 2.08. The van der Waals surface area contributed by atoms with Crippen LogP contribution >= 0.6 is 0 Å². The molecule has 0 heterocycles. The van der Waals surface area contributed by atoms with Gasteiger partial charge < -0.3 is 10.6 Å². The number of rotatable bonds is 6. The second-order valence-electron chi connectivity index (χ2n) is 5.70. The van der Waals surface area contributed by atoms with Crippen molar-refractivity contribution < 1.29 is 9.59 Å². The highest BCUT2D eigenvalue weighted by Gasteiger charge is 2.08. The number of nitrogens with one attached hydrogen (secondary N) is 2. The average molecular weight is 310 g/mol. The third-order valence-electron chi connectivity index (χ3n) is 3.54. The first kappa shape index (κ1) is 16.7. The molecule has 0 aliphatic rings. The van der Waals surface area contributed by atoms with Crippen molar-refractivity contribution in [3.8, 4) is 0 Å². The van der Waals surface area contributed by atoms with Crippen molar-refractivity contribution in [1.29, 1.82) is 0 Å². The van der Waals surface area contributed by atoms with Crippen molar-refractivity contribution in [1.82, 2.24) is 10.6 Å². The quantitative estimate of drug-likeness (QED) is 0.806. The highest BCUT2D eigenvalue weighted by Crippen LogP contribution is 2.03. The zero-order valence-corrected chi connectivity index (χ0v) is 13.6. The molecule has 0 saturated heterocycles. The first-order chi connectivity index (χ1) is 11.0.